The van der Waals surface area contributed by atoms with Gasteiger partial charge >= 0.3 is 6.01 Å². The van der Waals surface area contributed by atoms with Gasteiger partial charge in [0.2, 0.25) is 5.89 Å². The summed E-state index contributed by atoms with van der Waals surface area (Å²) in [7, 11) is 0. The Morgan fingerprint density at radius 3 is 2.77 bits per heavy atom. The molecule has 0 radical (unpaired) electrons. The quantitative estimate of drug-likeness (QED) is 0.824. The maximum absolute atomic E-state index is 9.13. The van der Waals surface area contributed by atoms with Crippen molar-refractivity contribution in [3.8, 4) is 11.5 Å². The van der Waals surface area contributed by atoms with E-state index in [1.165, 1.54) is 0 Å². The first-order valence-electron chi connectivity index (χ1n) is 8.73. The van der Waals surface area contributed by atoms with Crippen LogP contribution in [0.2, 0.25) is 0 Å². The lowest BCUT2D eigenvalue weighted by Crippen LogP contribution is -2.25. The minimum absolute atomic E-state index is 0.0178. The van der Waals surface area contributed by atoms with Crippen LogP contribution in [0.5, 0.6) is 0 Å². The monoisotopic (exact) mass is 353 g/mol. The molecule has 0 unspecified atom stereocenters. The normalized spacial score (nSPS) is 15.5. The standard InChI is InChI=1S/C20H23N3O3/c1-2-14-25-18-6-3-4-12-23(13-5-7-18)20-22-21-19(26-20)17-10-8-16(15-24)9-11-17/h2-3,6-11,14,24H,4-5,12-13,15H2,1H3. The number of anilines is 1. The Bertz CT molecular complexity index is 791. The number of hydrogen-bond acceptors (Lipinski definition) is 6. The molecule has 0 amide bonds. The van der Waals surface area contributed by atoms with Gasteiger partial charge in [-0.15, -0.1) is 5.10 Å². The second-order valence-corrected chi connectivity index (χ2v) is 5.91. The van der Waals surface area contributed by atoms with Crippen molar-refractivity contribution in [1.29, 1.82) is 0 Å². The summed E-state index contributed by atoms with van der Waals surface area (Å²) in [6, 6.07) is 7.96. The van der Waals surface area contributed by atoms with Crippen molar-refractivity contribution in [2.45, 2.75) is 26.4 Å². The van der Waals surface area contributed by atoms with E-state index in [1.807, 2.05) is 43.3 Å². The number of rotatable bonds is 5. The van der Waals surface area contributed by atoms with Gasteiger partial charge in [-0.3, -0.25) is 0 Å². The number of hydrogen-bond donors (Lipinski definition) is 1. The molecule has 136 valence electrons. The molecule has 0 aliphatic carbocycles. The van der Waals surface area contributed by atoms with E-state index in [9.17, 15) is 0 Å². The number of benzene rings is 1. The highest BCUT2D eigenvalue weighted by Crippen LogP contribution is 2.23. The fourth-order valence-electron chi connectivity index (χ4n) is 2.61. The minimum Gasteiger partial charge on any atom is -0.466 e. The highest BCUT2D eigenvalue weighted by molar-refractivity contribution is 5.54. The van der Waals surface area contributed by atoms with Gasteiger partial charge in [0.25, 0.3) is 0 Å². The van der Waals surface area contributed by atoms with Gasteiger partial charge in [0.1, 0.15) is 5.76 Å². The third kappa shape index (κ3) is 4.61. The average molecular weight is 353 g/mol. The van der Waals surface area contributed by atoms with Gasteiger partial charge < -0.3 is 19.2 Å². The number of allylic oxidation sites excluding steroid dienone is 2. The van der Waals surface area contributed by atoms with Crippen molar-refractivity contribution in [2.24, 2.45) is 0 Å². The van der Waals surface area contributed by atoms with Crippen molar-refractivity contribution < 1.29 is 14.3 Å². The summed E-state index contributed by atoms with van der Waals surface area (Å²) in [6.45, 7) is 3.51. The van der Waals surface area contributed by atoms with E-state index in [2.05, 4.69) is 27.2 Å². The van der Waals surface area contributed by atoms with Gasteiger partial charge in [-0.05, 0) is 49.6 Å². The summed E-state index contributed by atoms with van der Waals surface area (Å²) in [5.74, 6) is 1.33. The second-order valence-electron chi connectivity index (χ2n) is 5.91. The molecule has 0 atom stereocenters. The molecule has 0 fully saturated rings. The molecule has 26 heavy (non-hydrogen) atoms. The fourth-order valence-corrected chi connectivity index (χ4v) is 2.61. The fraction of sp³-hybridized carbons (Fsp3) is 0.300. The summed E-state index contributed by atoms with van der Waals surface area (Å²) in [5.41, 5.74) is 1.69. The van der Waals surface area contributed by atoms with Crippen LogP contribution in [-0.2, 0) is 11.3 Å². The average Bonchev–Trinajstić information content (AvgIpc) is 3.19. The van der Waals surface area contributed by atoms with Crippen LogP contribution in [0.3, 0.4) is 0 Å². The van der Waals surface area contributed by atoms with E-state index in [0.29, 0.717) is 11.9 Å². The molecule has 1 N–H and O–H groups in total. The molecule has 1 aromatic carbocycles. The van der Waals surface area contributed by atoms with E-state index in [0.717, 1.165) is 42.8 Å². The molecule has 1 aliphatic rings. The van der Waals surface area contributed by atoms with Crippen molar-refractivity contribution in [2.75, 3.05) is 18.0 Å². The second kappa shape index (κ2) is 9.01. The lowest BCUT2D eigenvalue weighted by atomic mass is 10.1. The molecule has 2 heterocycles. The van der Waals surface area contributed by atoms with Crippen LogP contribution in [0.1, 0.15) is 25.3 Å². The van der Waals surface area contributed by atoms with Crippen molar-refractivity contribution in [3.05, 3.63) is 66.2 Å². The SMILES string of the molecule is CC=COC1=CCCN(c2nnc(-c3ccc(CO)cc3)o2)CCC=C1. The van der Waals surface area contributed by atoms with Crippen LogP contribution < -0.4 is 4.90 Å². The maximum atomic E-state index is 9.13. The Balaban J connectivity index is 1.70. The molecule has 3 rings (SSSR count). The molecule has 6 heteroatoms. The van der Waals surface area contributed by atoms with Gasteiger partial charge in [0, 0.05) is 18.7 Å². The number of nitrogens with zero attached hydrogens (tertiary/aromatic N) is 3. The van der Waals surface area contributed by atoms with Crippen LogP contribution in [-0.4, -0.2) is 28.4 Å². The Hall–Kier alpha value is -2.86. The molecule has 6 nitrogen and oxygen atoms in total. The summed E-state index contributed by atoms with van der Waals surface area (Å²) < 4.78 is 11.4. The van der Waals surface area contributed by atoms with Gasteiger partial charge in [-0.1, -0.05) is 29.4 Å². The molecule has 1 aliphatic heterocycles. The van der Waals surface area contributed by atoms with E-state index < -0.39 is 0 Å². The summed E-state index contributed by atoms with van der Waals surface area (Å²) >= 11 is 0. The lowest BCUT2D eigenvalue weighted by molar-refractivity contribution is 0.282. The van der Waals surface area contributed by atoms with Crippen LogP contribution in [0, 0.1) is 0 Å². The van der Waals surface area contributed by atoms with Crippen LogP contribution >= 0.6 is 0 Å². The predicted molar refractivity (Wildman–Crippen MR) is 100 cm³/mol. The largest absolute Gasteiger partial charge is 0.466 e. The predicted octanol–water partition coefficient (Wildman–Crippen LogP) is 3.82. The van der Waals surface area contributed by atoms with Crippen molar-refractivity contribution in [1.82, 2.24) is 10.2 Å². The third-order valence-corrected chi connectivity index (χ3v) is 4.00. The molecule has 1 aromatic heterocycles. The van der Waals surface area contributed by atoms with Gasteiger partial charge in [-0.25, -0.2) is 0 Å². The highest BCUT2D eigenvalue weighted by atomic mass is 16.5. The first kappa shape index (κ1) is 17.9. The Labute approximate surface area is 153 Å². The third-order valence-electron chi connectivity index (χ3n) is 4.00. The maximum Gasteiger partial charge on any atom is 0.318 e. The van der Waals surface area contributed by atoms with Gasteiger partial charge in [0.15, 0.2) is 0 Å². The topological polar surface area (TPSA) is 71.6 Å². The van der Waals surface area contributed by atoms with Crippen LogP contribution in [0.4, 0.5) is 6.01 Å². The number of ether oxygens (including phenoxy) is 1. The first-order valence-corrected chi connectivity index (χ1v) is 8.73. The Morgan fingerprint density at radius 1 is 1.19 bits per heavy atom. The Morgan fingerprint density at radius 2 is 2.00 bits per heavy atom. The smallest absolute Gasteiger partial charge is 0.318 e. The van der Waals surface area contributed by atoms with E-state index in [4.69, 9.17) is 14.3 Å². The zero-order valence-electron chi connectivity index (χ0n) is 14.8. The zero-order chi connectivity index (χ0) is 18.2. The summed E-state index contributed by atoms with van der Waals surface area (Å²) in [4.78, 5) is 2.08. The summed E-state index contributed by atoms with van der Waals surface area (Å²) in [6.07, 6.45) is 11.3. The first-order chi connectivity index (χ1) is 12.8. The molecular weight excluding hydrogens is 330 g/mol. The Kier molecular flexibility index (Phi) is 6.22. The molecule has 0 saturated heterocycles. The number of aliphatic hydroxyl groups excluding tert-OH is 1. The minimum atomic E-state index is 0.0178. The zero-order valence-corrected chi connectivity index (χ0v) is 14.8. The lowest BCUT2D eigenvalue weighted by Gasteiger charge is -2.17. The van der Waals surface area contributed by atoms with Crippen LogP contribution in [0.25, 0.3) is 11.5 Å². The van der Waals surface area contributed by atoms with Crippen molar-refractivity contribution >= 4 is 6.01 Å². The van der Waals surface area contributed by atoms with Crippen molar-refractivity contribution in [3.63, 3.8) is 0 Å². The molecular formula is C20H23N3O3. The van der Waals surface area contributed by atoms with Gasteiger partial charge in [0.05, 0.1) is 12.9 Å². The molecule has 0 spiro atoms. The number of aromatic nitrogens is 2. The van der Waals surface area contributed by atoms with Crippen LogP contribution in [0.15, 0.2) is 65.0 Å². The van der Waals surface area contributed by atoms with E-state index in [1.54, 1.807) is 6.26 Å². The highest BCUT2D eigenvalue weighted by Gasteiger charge is 2.15. The molecule has 0 saturated carbocycles. The van der Waals surface area contributed by atoms with Gasteiger partial charge in [-0.2, -0.15) is 0 Å². The summed E-state index contributed by atoms with van der Waals surface area (Å²) in [5, 5.41) is 17.5. The van der Waals surface area contributed by atoms with E-state index >= 15 is 0 Å². The van der Waals surface area contributed by atoms with E-state index in [-0.39, 0.29) is 6.61 Å². The molecule has 0 bridgehead atoms. The number of aliphatic hydroxyl groups is 1. The molecule has 2 aromatic rings.